The topological polar surface area (TPSA) is 161 Å². The van der Waals surface area contributed by atoms with Crippen molar-refractivity contribution in [2.45, 2.75) is 58.4 Å². The molecule has 0 aliphatic carbocycles. The van der Waals surface area contributed by atoms with Crippen molar-refractivity contribution in [1.29, 1.82) is 5.41 Å². The lowest BCUT2D eigenvalue weighted by Crippen LogP contribution is -2.32. The van der Waals surface area contributed by atoms with Gasteiger partial charge in [-0.1, -0.05) is 13.3 Å². The summed E-state index contributed by atoms with van der Waals surface area (Å²) in [5.74, 6) is 1.39. The average molecular weight is 440 g/mol. The molecule has 0 radical (unpaired) electrons. The van der Waals surface area contributed by atoms with E-state index < -0.39 is 0 Å². The Morgan fingerprint density at radius 1 is 1.12 bits per heavy atom. The number of carbonyl (C=O) groups is 1. The summed E-state index contributed by atoms with van der Waals surface area (Å²) in [6, 6.07) is 3.78. The number of unbranched alkanes of at least 4 members (excludes halogenated alkanes) is 2. The molecule has 3 rings (SSSR count). The molecule has 3 aromatic heterocycles. The molecule has 1 amide bonds. The number of imidazole rings is 1. The number of aromatic nitrogens is 4. The van der Waals surface area contributed by atoms with Crippen LogP contribution in [0.15, 0.2) is 18.3 Å². The van der Waals surface area contributed by atoms with Gasteiger partial charge in [-0.3, -0.25) is 15.2 Å². The van der Waals surface area contributed by atoms with Crippen LogP contribution in [0.2, 0.25) is 0 Å². The van der Waals surface area contributed by atoms with Crippen LogP contribution in [-0.2, 0) is 17.8 Å². The van der Waals surface area contributed by atoms with Gasteiger partial charge in [0.2, 0.25) is 5.91 Å². The Balaban J connectivity index is 1.63. The van der Waals surface area contributed by atoms with Crippen molar-refractivity contribution in [2.75, 3.05) is 18.8 Å². The van der Waals surface area contributed by atoms with Crippen molar-refractivity contribution in [1.82, 2.24) is 30.2 Å². The van der Waals surface area contributed by atoms with E-state index in [0.29, 0.717) is 31.7 Å². The number of hydrogen-bond acceptors (Lipinski definition) is 6. The molecule has 0 aromatic carbocycles. The fourth-order valence-corrected chi connectivity index (χ4v) is 3.72. The molecule has 7 N–H and O–H groups in total. The van der Waals surface area contributed by atoms with Crippen LogP contribution < -0.4 is 22.1 Å². The number of hydrogen-bond donors (Lipinski definition) is 5. The maximum atomic E-state index is 11.9. The summed E-state index contributed by atoms with van der Waals surface area (Å²) in [5.41, 5.74) is 14.7. The molecule has 0 aliphatic rings. The summed E-state index contributed by atoms with van der Waals surface area (Å²) in [7, 11) is 0. The van der Waals surface area contributed by atoms with Crippen molar-refractivity contribution in [2.24, 2.45) is 5.73 Å². The molecule has 10 heteroatoms. The van der Waals surface area contributed by atoms with E-state index in [1.807, 2.05) is 12.1 Å². The van der Waals surface area contributed by atoms with Gasteiger partial charge in [0.15, 0.2) is 11.8 Å². The molecule has 10 nitrogen and oxygen atoms in total. The SMILES string of the molecule is CCCCc1nc2c(N)nc3cccnc3c2n1CCCCNC(=O)CCCNC(=N)N. The molecule has 0 saturated carbocycles. The van der Waals surface area contributed by atoms with Crippen LogP contribution in [0.5, 0.6) is 0 Å². The number of nitrogens with zero attached hydrogens (tertiary/aromatic N) is 4. The normalized spacial score (nSPS) is 11.2. The summed E-state index contributed by atoms with van der Waals surface area (Å²) >= 11 is 0. The molecule has 0 saturated heterocycles. The van der Waals surface area contributed by atoms with Crippen molar-refractivity contribution in [3.05, 3.63) is 24.2 Å². The molecular weight excluding hydrogens is 406 g/mol. The third-order valence-corrected chi connectivity index (χ3v) is 5.32. The van der Waals surface area contributed by atoms with Crippen LogP contribution in [0.25, 0.3) is 22.1 Å². The average Bonchev–Trinajstić information content (AvgIpc) is 3.14. The lowest BCUT2D eigenvalue weighted by Gasteiger charge is -2.11. The Kier molecular flexibility index (Phi) is 8.18. The van der Waals surface area contributed by atoms with Crippen molar-refractivity contribution in [3.63, 3.8) is 0 Å². The third kappa shape index (κ3) is 5.83. The summed E-state index contributed by atoms with van der Waals surface area (Å²) in [6.45, 7) is 4.09. The van der Waals surface area contributed by atoms with Gasteiger partial charge in [-0.15, -0.1) is 0 Å². The smallest absolute Gasteiger partial charge is 0.220 e. The zero-order chi connectivity index (χ0) is 22.9. The number of fused-ring (bicyclic) bond motifs is 3. The van der Waals surface area contributed by atoms with E-state index in [1.165, 1.54) is 0 Å². The molecule has 32 heavy (non-hydrogen) atoms. The Labute approximate surface area is 187 Å². The molecular formula is C22H33N9O. The van der Waals surface area contributed by atoms with E-state index in [0.717, 1.165) is 66.5 Å². The Morgan fingerprint density at radius 3 is 2.72 bits per heavy atom. The van der Waals surface area contributed by atoms with Crippen LogP contribution in [0, 0.1) is 5.41 Å². The maximum absolute atomic E-state index is 11.9. The van der Waals surface area contributed by atoms with Gasteiger partial charge >= 0.3 is 0 Å². The molecule has 172 valence electrons. The third-order valence-electron chi connectivity index (χ3n) is 5.32. The number of amides is 1. The molecule has 3 aromatic rings. The molecule has 0 atom stereocenters. The number of nitrogens with one attached hydrogen (secondary N) is 3. The van der Waals surface area contributed by atoms with Crippen LogP contribution in [0.4, 0.5) is 5.82 Å². The zero-order valence-electron chi connectivity index (χ0n) is 18.7. The minimum absolute atomic E-state index is 0.0149. The molecule has 0 bridgehead atoms. The summed E-state index contributed by atoms with van der Waals surface area (Å²) in [6.07, 6.45) is 7.60. The van der Waals surface area contributed by atoms with Gasteiger partial charge in [-0.05, 0) is 37.8 Å². The lowest BCUT2D eigenvalue weighted by molar-refractivity contribution is -0.121. The van der Waals surface area contributed by atoms with Gasteiger partial charge in [0.25, 0.3) is 0 Å². The van der Waals surface area contributed by atoms with Gasteiger partial charge in [0.05, 0.1) is 5.52 Å². The lowest BCUT2D eigenvalue weighted by atomic mass is 10.2. The highest BCUT2D eigenvalue weighted by atomic mass is 16.1. The second-order valence-electron chi connectivity index (χ2n) is 7.85. The predicted molar refractivity (Wildman–Crippen MR) is 127 cm³/mol. The van der Waals surface area contributed by atoms with Crippen molar-refractivity contribution >= 4 is 39.8 Å². The Bertz CT molecular complexity index is 1080. The number of aryl methyl sites for hydroxylation is 2. The number of pyridine rings is 2. The fraction of sp³-hybridized carbons (Fsp3) is 0.500. The van der Waals surface area contributed by atoms with Gasteiger partial charge in [0, 0.05) is 38.7 Å². The highest BCUT2D eigenvalue weighted by molar-refractivity contribution is 6.04. The monoisotopic (exact) mass is 439 g/mol. The Hall–Kier alpha value is -3.43. The van der Waals surface area contributed by atoms with Crippen molar-refractivity contribution in [3.8, 4) is 0 Å². The van der Waals surface area contributed by atoms with E-state index in [2.05, 4.69) is 32.1 Å². The van der Waals surface area contributed by atoms with E-state index >= 15 is 0 Å². The number of rotatable bonds is 12. The largest absolute Gasteiger partial charge is 0.382 e. The van der Waals surface area contributed by atoms with Crippen LogP contribution >= 0.6 is 0 Å². The Morgan fingerprint density at radius 2 is 1.94 bits per heavy atom. The standard InChI is InChI=1S/C22H33N9O/c1-2-3-9-16-30-19-20(18-15(29-21(19)23)8-6-12-27-18)31(16)14-5-4-11-26-17(32)10-7-13-28-22(24)25/h6,8,12H,2-5,7,9-11,13-14H2,1H3,(H2,23,29)(H,26,32)(H4,24,25,28). The second kappa shape index (κ2) is 11.3. The first-order chi connectivity index (χ1) is 15.5. The fourth-order valence-electron chi connectivity index (χ4n) is 3.72. The van der Waals surface area contributed by atoms with Gasteiger partial charge < -0.3 is 26.7 Å². The number of nitrogen functional groups attached to an aromatic ring is 1. The minimum atomic E-state index is -0.0729. The van der Waals surface area contributed by atoms with E-state index in [4.69, 9.17) is 21.9 Å². The van der Waals surface area contributed by atoms with Crippen LogP contribution in [0.1, 0.15) is 51.3 Å². The van der Waals surface area contributed by atoms with E-state index in [1.54, 1.807) is 6.20 Å². The first-order valence-electron chi connectivity index (χ1n) is 11.2. The maximum Gasteiger partial charge on any atom is 0.220 e. The number of nitrogens with two attached hydrogens (primary N) is 2. The first kappa shape index (κ1) is 23.2. The highest BCUT2D eigenvalue weighted by Gasteiger charge is 2.17. The second-order valence-corrected chi connectivity index (χ2v) is 7.85. The van der Waals surface area contributed by atoms with Crippen molar-refractivity contribution < 1.29 is 4.79 Å². The molecule has 0 fully saturated rings. The number of anilines is 1. The van der Waals surface area contributed by atoms with Gasteiger partial charge in [0.1, 0.15) is 22.4 Å². The first-order valence-corrected chi connectivity index (χ1v) is 11.2. The summed E-state index contributed by atoms with van der Waals surface area (Å²) < 4.78 is 2.23. The number of guanidine groups is 1. The summed E-state index contributed by atoms with van der Waals surface area (Å²) in [4.78, 5) is 25.8. The molecule has 0 aliphatic heterocycles. The highest BCUT2D eigenvalue weighted by Crippen LogP contribution is 2.28. The van der Waals surface area contributed by atoms with E-state index in [-0.39, 0.29) is 11.9 Å². The molecule has 3 heterocycles. The summed E-state index contributed by atoms with van der Waals surface area (Å²) in [5, 5.41) is 12.8. The molecule has 0 unspecified atom stereocenters. The van der Waals surface area contributed by atoms with Gasteiger partial charge in [-0.25, -0.2) is 9.97 Å². The predicted octanol–water partition coefficient (Wildman–Crippen LogP) is 2.06. The van der Waals surface area contributed by atoms with Crippen LogP contribution in [-0.4, -0.2) is 44.5 Å². The minimum Gasteiger partial charge on any atom is -0.382 e. The quantitative estimate of drug-likeness (QED) is 0.164. The van der Waals surface area contributed by atoms with Crippen LogP contribution in [0.3, 0.4) is 0 Å². The molecule has 0 spiro atoms. The zero-order valence-corrected chi connectivity index (χ0v) is 18.7. The van der Waals surface area contributed by atoms with Gasteiger partial charge in [-0.2, -0.15) is 0 Å². The number of carbonyl (C=O) groups excluding carboxylic acids is 1. The van der Waals surface area contributed by atoms with E-state index in [9.17, 15) is 4.79 Å².